The Bertz CT molecular complexity index is 536. The summed E-state index contributed by atoms with van der Waals surface area (Å²) in [5, 5.41) is 10.7. The van der Waals surface area contributed by atoms with E-state index < -0.39 is 4.92 Å². The van der Waals surface area contributed by atoms with Gasteiger partial charge in [-0.3, -0.25) is 10.1 Å². The number of rotatable bonds is 6. The summed E-state index contributed by atoms with van der Waals surface area (Å²) in [4.78, 5) is 12.7. The normalized spacial score (nSPS) is 20.8. The standard InChI is InChI=1S/C18H26N2O3/c1-3-19(4-2)16-8-6-5-7-9-18(14-16)23-17-12-10-15(11-13-17)20(21)22/h10-14,18H,3-9H2,1-2H3/b16-14+. The number of nitrogens with zero attached hydrogens (tertiary/aromatic N) is 2. The second kappa shape index (κ2) is 8.56. The van der Waals surface area contributed by atoms with Gasteiger partial charge in [0.1, 0.15) is 11.9 Å². The summed E-state index contributed by atoms with van der Waals surface area (Å²) in [5.74, 6) is 0.691. The minimum Gasteiger partial charge on any atom is -0.486 e. The highest BCUT2D eigenvalue weighted by Gasteiger charge is 2.16. The molecule has 1 aliphatic rings. The van der Waals surface area contributed by atoms with Crippen molar-refractivity contribution in [3.8, 4) is 5.75 Å². The molecule has 0 saturated heterocycles. The van der Waals surface area contributed by atoms with Crippen molar-refractivity contribution in [1.82, 2.24) is 4.90 Å². The van der Waals surface area contributed by atoms with E-state index in [2.05, 4.69) is 24.8 Å². The first-order valence-electron chi connectivity index (χ1n) is 8.50. The fourth-order valence-corrected chi connectivity index (χ4v) is 3.02. The highest BCUT2D eigenvalue weighted by atomic mass is 16.6. The maximum absolute atomic E-state index is 10.7. The van der Waals surface area contributed by atoms with Gasteiger partial charge >= 0.3 is 0 Å². The first-order chi connectivity index (χ1) is 11.1. The Morgan fingerprint density at radius 2 is 1.87 bits per heavy atom. The van der Waals surface area contributed by atoms with E-state index in [-0.39, 0.29) is 11.8 Å². The third kappa shape index (κ3) is 4.98. The summed E-state index contributed by atoms with van der Waals surface area (Å²) >= 11 is 0. The fraction of sp³-hybridized carbons (Fsp3) is 0.556. The molecule has 1 atom stereocenters. The van der Waals surface area contributed by atoms with Crippen LogP contribution in [0.5, 0.6) is 5.75 Å². The molecule has 1 unspecified atom stereocenters. The van der Waals surface area contributed by atoms with Crippen molar-refractivity contribution in [2.24, 2.45) is 0 Å². The van der Waals surface area contributed by atoms with Gasteiger partial charge in [0.15, 0.2) is 0 Å². The highest BCUT2D eigenvalue weighted by molar-refractivity contribution is 5.36. The molecule has 0 aromatic heterocycles. The molecular weight excluding hydrogens is 292 g/mol. The molecule has 0 radical (unpaired) electrons. The Balaban J connectivity index is 2.12. The van der Waals surface area contributed by atoms with Gasteiger partial charge in [-0.25, -0.2) is 0 Å². The molecule has 0 N–H and O–H groups in total. The molecule has 23 heavy (non-hydrogen) atoms. The lowest BCUT2D eigenvalue weighted by molar-refractivity contribution is -0.384. The second-order valence-corrected chi connectivity index (χ2v) is 5.84. The zero-order valence-corrected chi connectivity index (χ0v) is 14.0. The van der Waals surface area contributed by atoms with Gasteiger partial charge in [0.05, 0.1) is 4.92 Å². The molecule has 0 bridgehead atoms. The summed E-state index contributed by atoms with van der Waals surface area (Å²) in [5.41, 5.74) is 1.45. The van der Waals surface area contributed by atoms with Gasteiger partial charge in [0, 0.05) is 30.9 Å². The van der Waals surface area contributed by atoms with Gasteiger partial charge in [-0.05, 0) is 57.7 Å². The lowest BCUT2D eigenvalue weighted by atomic mass is 10.0. The first kappa shape index (κ1) is 17.3. The van der Waals surface area contributed by atoms with Crippen LogP contribution in [0.4, 0.5) is 5.69 Å². The zero-order chi connectivity index (χ0) is 16.7. The largest absolute Gasteiger partial charge is 0.486 e. The molecule has 0 saturated carbocycles. The highest BCUT2D eigenvalue weighted by Crippen LogP contribution is 2.25. The van der Waals surface area contributed by atoms with Crippen molar-refractivity contribution in [3.63, 3.8) is 0 Å². The zero-order valence-electron chi connectivity index (χ0n) is 14.0. The van der Waals surface area contributed by atoms with Crippen molar-refractivity contribution in [3.05, 3.63) is 46.2 Å². The Kier molecular flexibility index (Phi) is 6.44. The Morgan fingerprint density at radius 1 is 1.17 bits per heavy atom. The third-order valence-electron chi connectivity index (χ3n) is 4.30. The van der Waals surface area contributed by atoms with Crippen molar-refractivity contribution < 1.29 is 9.66 Å². The molecule has 126 valence electrons. The molecule has 1 aromatic rings. The van der Waals surface area contributed by atoms with Crippen molar-refractivity contribution in [2.45, 2.75) is 52.1 Å². The predicted molar refractivity (Wildman–Crippen MR) is 91.6 cm³/mol. The Morgan fingerprint density at radius 3 is 2.48 bits per heavy atom. The lowest BCUT2D eigenvalue weighted by Crippen LogP contribution is -2.26. The van der Waals surface area contributed by atoms with Gasteiger partial charge in [-0.15, -0.1) is 0 Å². The predicted octanol–water partition coefficient (Wildman–Crippen LogP) is 4.53. The average molecular weight is 318 g/mol. The van der Waals surface area contributed by atoms with Crippen LogP contribution in [0.15, 0.2) is 36.0 Å². The van der Waals surface area contributed by atoms with Crippen molar-refractivity contribution in [1.29, 1.82) is 0 Å². The molecule has 1 aromatic carbocycles. The lowest BCUT2D eigenvalue weighted by Gasteiger charge is -2.28. The summed E-state index contributed by atoms with van der Waals surface area (Å²) in [7, 11) is 0. The number of non-ortho nitro benzene ring substituents is 1. The average Bonchev–Trinajstić information content (AvgIpc) is 2.52. The molecule has 1 aliphatic carbocycles. The second-order valence-electron chi connectivity index (χ2n) is 5.84. The minimum atomic E-state index is -0.391. The maximum atomic E-state index is 10.7. The molecule has 0 heterocycles. The van der Waals surface area contributed by atoms with Crippen molar-refractivity contribution in [2.75, 3.05) is 13.1 Å². The van der Waals surface area contributed by atoms with Crippen LogP contribution in [0.1, 0.15) is 46.0 Å². The smallest absolute Gasteiger partial charge is 0.269 e. The number of allylic oxidation sites excluding steroid dienone is 1. The van der Waals surface area contributed by atoms with Gasteiger partial charge in [0.2, 0.25) is 0 Å². The molecule has 0 spiro atoms. The molecule has 2 rings (SSSR count). The summed E-state index contributed by atoms with van der Waals surface area (Å²) in [6.45, 7) is 6.36. The van der Waals surface area contributed by atoms with E-state index in [0.717, 1.165) is 32.4 Å². The van der Waals surface area contributed by atoms with Crippen LogP contribution in [0.3, 0.4) is 0 Å². The molecular formula is C18H26N2O3. The summed E-state index contributed by atoms with van der Waals surface area (Å²) in [6.07, 6.45) is 7.97. The summed E-state index contributed by atoms with van der Waals surface area (Å²) < 4.78 is 6.07. The van der Waals surface area contributed by atoms with Crippen LogP contribution >= 0.6 is 0 Å². The van der Waals surface area contributed by atoms with Gasteiger partial charge in [0.25, 0.3) is 5.69 Å². The number of nitro groups is 1. The quantitative estimate of drug-likeness (QED) is 0.571. The van der Waals surface area contributed by atoms with Crippen LogP contribution in [-0.2, 0) is 0 Å². The topological polar surface area (TPSA) is 55.6 Å². The van der Waals surface area contributed by atoms with Gasteiger partial charge < -0.3 is 9.64 Å². The van der Waals surface area contributed by atoms with Crippen LogP contribution in [-0.4, -0.2) is 29.0 Å². The van der Waals surface area contributed by atoms with Crippen LogP contribution < -0.4 is 4.74 Å². The molecule has 0 fully saturated rings. The molecule has 0 amide bonds. The third-order valence-corrected chi connectivity index (χ3v) is 4.30. The number of hydrogen-bond acceptors (Lipinski definition) is 4. The van der Waals surface area contributed by atoms with Gasteiger partial charge in [-0.1, -0.05) is 6.42 Å². The van der Waals surface area contributed by atoms with Crippen molar-refractivity contribution >= 4 is 5.69 Å². The molecule has 5 heteroatoms. The number of hydrogen-bond donors (Lipinski definition) is 0. The number of nitro benzene ring substituents is 1. The van der Waals surface area contributed by atoms with E-state index in [9.17, 15) is 10.1 Å². The SMILES string of the molecule is CCN(CC)/C1=C/C(Oc2ccc([N+](=O)[O-])cc2)CCCCC1. The molecule has 0 aliphatic heterocycles. The van der Waals surface area contributed by atoms with E-state index in [0.29, 0.717) is 5.75 Å². The van der Waals surface area contributed by atoms with E-state index in [1.165, 1.54) is 30.7 Å². The van der Waals surface area contributed by atoms with E-state index >= 15 is 0 Å². The number of ether oxygens (including phenoxy) is 1. The minimum absolute atomic E-state index is 0.0346. The monoisotopic (exact) mass is 318 g/mol. The Hall–Kier alpha value is -2.04. The Labute approximate surface area is 138 Å². The molecule has 5 nitrogen and oxygen atoms in total. The van der Waals surface area contributed by atoms with E-state index in [1.807, 2.05) is 0 Å². The first-order valence-corrected chi connectivity index (χ1v) is 8.50. The van der Waals surface area contributed by atoms with E-state index in [4.69, 9.17) is 4.74 Å². The van der Waals surface area contributed by atoms with E-state index in [1.54, 1.807) is 12.1 Å². The van der Waals surface area contributed by atoms with Crippen LogP contribution in [0.2, 0.25) is 0 Å². The van der Waals surface area contributed by atoms with Crippen LogP contribution in [0.25, 0.3) is 0 Å². The van der Waals surface area contributed by atoms with Crippen LogP contribution in [0, 0.1) is 10.1 Å². The maximum Gasteiger partial charge on any atom is 0.269 e. The fourth-order valence-electron chi connectivity index (χ4n) is 3.02. The summed E-state index contributed by atoms with van der Waals surface area (Å²) in [6, 6.07) is 6.35. The number of benzene rings is 1. The van der Waals surface area contributed by atoms with Gasteiger partial charge in [-0.2, -0.15) is 0 Å².